The number of ether oxygens (including phenoxy) is 3. The third-order valence-electron chi connectivity index (χ3n) is 4.91. The molecular weight excluding hydrogens is 328 g/mol. The van der Waals surface area contributed by atoms with E-state index < -0.39 is 0 Å². The molecule has 0 spiro atoms. The summed E-state index contributed by atoms with van der Waals surface area (Å²) in [5.74, 6) is -0.0879. The van der Waals surface area contributed by atoms with Gasteiger partial charge in [0, 0.05) is 19.8 Å². The Kier molecular flexibility index (Phi) is 10.4. The molecule has 1 aliphatic heterocycles. The lowest BCUT2D eigenvalue weighted by molar-refractivity contribution is -0.148. The van der Waals surface area contributed by atoms with Crippen LogP contribution in [0, 0.1) is 5.92 Å². The molecule has 1 atom stereocenters. The zero-order chi connectivity index (χ0) is 18.5. The molecule has 0 aliphatic carbocycles. The Morgan fingerprint density at radius 2 is 1.85 bits per heavy atom. The third kappa shape index (κ3) is 8.33. The molecule has 0 bridgehead atoms. The van der Waals surface area contributed by atoms with Gasteiger partial charge in [-0.3, -0.25) is 4.79 Å². The van der Waals surface area contributed by atoms with Crippen LogP contribution in [-0.4, -0.2) is 38.5 Å². The molecule has 0 N–H and O–H groups in total. The van der Waals surface area contributed by atoms with Gasteiger partial charge in [0.1, 0.15) is 0 Å². The SMILES string of the molecule is CCOC(=O)C(CCCCCCOC1CCOCC1)Cc1ccccc1. The maximum atomic E-state index is 12.2. The average molecular weight is 363 g/mol. The van der Waals surface area contributed by atoms with Gasteiger partial charge in [0.25, 0.3) is 0 Å². The fourth-order valence-corrected chi connectivity index (χ4v) is 3.40. The van der Waals surface area contributed by atoms with E-state index in [1.807, 2.05) is 25.1 Å². The van der Waals surface area contributed by atoms with Crippen LogP contribution in [0.2, 0.25) is 0 Å². The molecule has 0 saturated carbocycles. The highest BCUT2D eigenvalue weighted by Gasteiger charge is 2.20. The Balaban J connectivity index is 1.60. The van der Waals surface area contributed by atoms with Crippen molar-refractivity contribution >= 4 is 5.97 Å². The van der Waals surface area contributed by atoms with Crippen LogP contribution in [0.1, 0.15) is 57.4 Å². The van der Waals surface area contributed by atoms with Gasteiger partial charge in [-0.1, -0.05) is 49.6 Å². The van der Waals surface area contributed by atoms with Crippen molar-refractivity contribution in [1.82, 2.24) is 0 Å². The maximum absolute atomic E-state index is 12.2. The Morgan fingerprint density at radius 1 is 1.12 bits per heavy atom. The fourth-order valence-electron chi connectivity index (χ4n) is 3.40. The van der Waals surface area contributed by atoms with Crippen molar-refractivity contribution in [3.63, 3.8) is 0 Å². The summed E-state index contributed by atoms with van der Waals surface area (Å²) in [6.07, 6.45) is 8.57. The second kappa shape index (κ2) is 12.9. The summed E-state index contributed by atoms with van der Waals surface area (Å²) >= 11 is 0. The Labute approximate surface area is 158 Å². The predicted molar refractivity (Wildman–Crippen MR) is 103 cm³/mol. The zero-order valence-corrected chi connectivity index (χ0v) is 16.2. The summed E-state index contributed by atoms with van der Waals surface area (Å²) in [4.78, 5) is 12.2. The van der Waals surface area contributed by atoms with Gasteiger partial charge >= 0.3 is 5.97 Å². The fraction of sp³-hybridized carbons (Fsp3) is 0.682. The first-order valence-corrected chi connectivity index (χ1v) is 10.2. The molecule has 146 valence electrons. The molecule has 1 aromatic rings. The molecule has 0 amide bonds. The van der Waals surface area contributed by atoms with E-state index in [-0.39, 0.29) is 11.9 Å². The molecule has 1 heterocycles. The smallest absolute Gasteiger partial charge is 0.309 e. The van der Waals surface area contributed by atoms with Gasteiger partial charge in [-0.15, -0.1) is 0 Å². The van der Waals surface area contributed by atoms with Crippen molar-refractivity contribution in [3.05, 3.63) is 35.9 Å². The Morgan fingerprint density at radius 3 is 2.58 bits per heavy atom. The van der Waals surface area contributed by atoms with Crippen LogP contribution in [0.15, 0.2) is 30.3 Å². The topological polar surface area (TPSA) is 44.8 Å². The summed E-state index contributed by atoms with van der Waals surface area (Å²) in [5.41, 5.74) is 1.20. The van der Waals surface area contributed by atoms with Crippen LogP contribution in [-0.2, 0) is 25.4 Å². The van der Waals surface area contributed by atoms with Crippen LogP contribution >= 0.6 is 0 Å². The second-order valence-corrected chi connectivity index (χ2v) is 7.02. The van der Waals surface area contributed by atoms with Gasteiger partial charge in [0.05, 0.1) is 18.6 Å². The Bertz CT molecular complexity index is 482. The van der Waals surface area contributed by atoms with Gasteiger partial charge in [-0.2, -0.15) is 0 Å². The van der Waals surface area contributed by atoms with Crippen molar-refractivity contribution in [1.29, 1.82) is 0 Å². The van der Waals surface area contributed by atoms with Crippen molar-refractivity contribution < 1.29 is 19.0 Å². The van der Waals surface area contributed by atoms with Crippen molar-refractivity contribution in [2.24, 2.45) is 5.92 Å². The van der Waals surface area contributed by atoms with E-state index in [9.17, 15) is 4.79 Å². The number of unbranched alkanes of at least 4 members (excludes halogenated alkanes) is 3. The Hall–Kier alpha value is -1.39. The molecule has 1 unspecified atom stereocenters. The number of benzene rings is 1. The lowest BCUT2D eigenvalue weighted by atomic mass is 9.93. The highest BCUT2D eigenvalue weighted by molar-refractivity contribution is 5.72. The molecule has 1 saturated heterocycles. The minimum absolute atomic E-state index is 0.0316. The first kappa shape index (κ1) is 20.9. The average Bonchev–Trinajstić information content (AvgIpc) is 2.68. The highest BCUT2D eigenvalue weighted by atomic mass is 16.5. The molecule has 26 heavy (non-hydrogen) atoms. The van der Waals surface area contributed by atoms with Crippen LogP contribution in [0.4, 0.5) is 0 Å². The van der Waals surface area contributed by atoms with Gasteiger partial charge in [-0.25, -0.2) is 0 Å². The molecule has 4 nitrogen and oxygen atoms in total. The molecule has 1 aliphatic rings. The van der Waals surface area contributed by atoms with Crippen molar-refractivity contribution in [3.8, 4) is 0 Å². The molecular formula is C22H34O4. The first-order chi connectivity index (χ1) is 12.8. The molecule has 0 aromatic heterocycles. The van der Waals surface area contributed by atoms with E-state index in [0.29, 0.717) is 12.7 Å². The van der Waals surface area contributed by atoms with Gasteiger partial charge in [0.15, 0.2) is 0 Å². The van der Waals surface area contributed by atoms with Gasteiger partial charge < -0.3 is 14.2 Å². The molecule has 2 rings (SSSR count). The van der Waals surface area contributed by atoms with Crippen LogP contribution in [0.5, 0.6) is 0 Å². The summed E-state index contributed by atoms with van der Waals surface area (Å²) in [7, 11) is 0. The van der Waals surface area contributed by atoms with Crippen LogP contribution in [0.3, 0.4) is 0 Å². The number of carbonyl (C=O) groups excluding carboxylic acids is 1. The van der Waals surface area contributed by atoms with E-state index >= 15 is 0 Å². The first-order valence-electron chi connectivity index (χ1n) is 10.2. The number of rotatable bonds is 12. The second-order valence-electron chi connectivity index (χ2n) is 7.02. The van der Waals surface area contributed by atoms with Crippen LogP contribution in [0.25, 0.3) is 0 Å². The summed E-state index contributed by atoms with van der Waals surface area (Å²) < 4.78 is 16.5. The van der Waals surface area contributed by atoms with E-state index in [0.717, 1.165) is 71.2 Å². The molecule has 0 radical (unpaired) electrons. The summed E-state index contributed by atoms with van der Waals surface area (Å²) in [6, 6.07) is 10.2. The lowest BCUT2D eigenvalue weighted by Gasteiger charge is -2.22. The minimum Gasteiger partial charge on any atom is -0.466 e. The van der Waals surface area contributed by atoms with Crippen LogP contribution < -0.4 is 0 Å². The normalized spacial score (nSPS) is 16.3. The standard InChI is InChI=1S/C22H34O4/c1-2-25-22(23)20(18-19-10-6-5-7-11-19)12-8-3-4-9-15-26-21-13-16-24-17-14-21/h5-7,10-11,20-21H,2-4,8-9,12-18H2,1H3. The number of hydrogen-bond acceptors (Lipinski definition) is 4. The van der Waals surface area contributed by atoms with E-state index in [1.54, 1.807) is 0 Å². The summed E-state index contributed by atoms with van der Waals surface area (Å²) in [6.45, 7) is 4.84. The third-order valence-corrected chi connectivity index (χ3v) is 4.91. The van der Waals surface area contributed by atoms with E-state index in [1.165, 1.54) is 5.56 Å². The zero-order valence-electron chi connectivity index (χ0n) is 16.2. The van der Waals surface area contributed by atoms with Crippen molar-refractivity contribution in [2.75, 3.05) is 26.4 Å². The lowest BCUT2D eigenvalue weighted by Crippen LogP contribution is -2.23. The predicted octanol–water partition coefficient (Wildman–Crippen LogP) is 4.55. The minimum atomic E-state index is -0.0563. The van der Waals surface area contributed by atoms with Gasteiger partial charge in [0.2, 0.25) is 0 Å². The number of carbonyl (C=O) groups is 1. The van der Waals surface area contributed by atoms with Gasteiger partial charge in [-0.05, 0) is 44.6 Å². The van der Waals surface area contributed by atoms with Crippen molar-refractivity contribution in [2.45, 2.75) is 64.4 Å². The maximum Gasteiger partial charge on any atom is 0.309 e. The largest absolute Gasteiger partial charge is 0.466 e. The number of esters is 1. The molecule has 1 fully saturated rings. The molecule has 4 heteroatoms. The highest BCUT2D eigenvalue weighted by Crippen LogP contribution is 2.19. The van der Waals surface area contributed by atoms with E-state index in [4.69, 9.17) is 14.2 Å². The molecule has 1 aromatic carbocycles. The monoisotopic (exact) mass is 362 g/mol. The summed E-state index contributed by atoms with van der Waals surface area (Å²) in [5, 5.41) is 0. The quantitative estimate of drug-likeness (QED) is 0.404. The van der Waals surface area contributed by atoms with E-state index in [2.05, 4.69) is 12.1 Å². The number of hydrogen-bond donors (Lipinski definition) is 0.